The van der Waals surface area contributed by atoms with Gasteiger partial charge in [0, 0.05) is 5.39 Å². The van der Waals surface area contributed by atoms with Crippen molar-refractivity contribution < 1.29 is 4.39 Å². The molecule has 0 fully saturated rings. The van der Waals surface area contributed by atoms with E-state index in [2.05, 4.69) is 6.07 Å². The van der Waals surface area contributed by atoms with Gasteiger partial charge in [0.25, 0.3) is 0 Å². The Bertz CT molecular complexity index is 418. The molecule has 0 nitrogen and oxygen atoms in total. The van der Waals surface area contributed by atoms with Gasteiger partial charge in [-0.3, -0.25) is 0 Å². The van der Waals surface area contributed by atoms with Gasteiger partial charge in [0.05, 0.1) is 0 Å². The van der Waals surface area contributed by atoms with Crippen LogP contribution in [0.4, 0.5) is 4.39 Å². The van der Waals surface area contributed by atoms with Crippen molar-refractivity contribution in [3.8, 4) is 0 Å². The number of fused-ring (bicyclic) bond motifs is 1. The number of rotatable bonds is 0. The van der Waals surface area contributed by atoms with Gasteiger partial charge in [0.1, 0.15) is 5.82 Å². The molecule has 0 amide bonds. The van der Waals surface area contributed by atoms with E-state index in [0.717, 1.165) is 5.39 Å². The summed E-state index contributed by atoms with van der Waals surface area (Å²) >= 11 is 0. The molecule has 0 spiro atoms. The maximum atomic E-state index is 13.4. The molecule has 2 aromatic carbocycles. The molecule has 0 aliphatic rings. The standard InChI is InChI=1S/C11H8F/c1-8-6-7-9-4-2-3-5-10(9)11(8)12/h3-7H,1H3. The van der Waals surface area contributed by atoms with Crippen molar-refractivity contribution >= 4 is 10.8 Å². The van der Waals surface area contributed by atoms with Crippen LogP contribution in [0.1, 0.15) is 5.56 Å². The lowest BCUT2D eigenvalue weighted by atomic mass is 10.1. The Morgan fingerprint density at radius 1 is 1.25 bits per heavy atom. The summed E-state index contributed by atoms with van der Waals surface area (Å²) in [7, 11) is 0. The molecule has 0 aliphatic heterocycles. The van der Waals surface area contributed by atoms with E-state index in [-0.39, 0.29) is 5.82 Å². The predicted octanol–water partition coefficient (Wildman–Crippen LogP) is 3.09. The SMILES string of the molecule is Cc1ccc2c[c]ccc2c1F. The van der Waals surface area contributed by atoms with Crippen molar-refractivity contribution in [3.05, 3.63) is 47.8 Å². The van der Waals surface area contributed by atoms with E-state index in [1.54, 1.807) is 31.2 Å². The van der Waals surface area contributed by atoms with Crippen LogP contribution in [0.15, 0.2) is 30.3 Å². The normalized spacial score (nSPS) is 10.5. The molecule has 1 heteroatoms. The van der Waals surface area contributed by atoms with E-state index in [1.165, 1.54) is 0 Å². The van der Waals surface area contributed by atoms with Crippen molar-refractivity contribution in [3.63, 3.8) is 0 Å². The Kier molecular flexibility index (Phi) is 1.58. The second-order valence-corrected chi connectivity index (χ2v) is 2.84. The molecule has 1 radical (unpaired) electrons. The molecule has 2 aromatic rings. The van der Waals surface area contributed by atoms with Gasteiger partial charge in [0.2, 0.25) is 0 Å². The second kappa shape index (κ2) is 2.59. The first-order chi connectivity index (χ1) is 5.79. The minimum Gasteiger partial charge on any atom is -0.206 e. The highest BCUT2D eigenvalue weighted by Crippen LogP contribution is 2.19. The van der Waals surface area contributed by atoms with Crippen LogP contribution in [0.3, 0.4) is 0 Å². The smallest absolute Gasteiger partial charge is 0.133 e. The van der Waals surface area contributed by atoms with Crippen LogP contribution < -0.4 is 0 Å². The molecule has 12 heavy (non-hydrogen) atoms. The van der Waals surface area contributed by atoms with Crippen LogP contribution >= 0.6 is 0 Å². The van der Waals surface area contributed by atoms with Gasteiger partial charge in [-0.1, -0.05) is 24.3 Å². The summed E-state index contributed by atoms with van der Waals surface area (Å²) in [5.41, 5.74) is 0.689. The van der Waals surface area contributed by atoms with E-state index in [0.29, 0.717) is 10.9 Å². The van der Waals surface area contributed by atoms with Gasteiger partial charge in [-0.15, -0.1) is 0 Å². The van der Waals surface area contributed by atoms with Crippen molar-refractivity contribution in [2.24, 2.45) is 0 Å². The summed E-state index contributed by atoms with van der Waals surface area (Å²) in [4.78, 5) is 0. The van der Waals surface area contributed by atoms with Gasteiger partial charge in [-0.05, 0) is 30.0 Å². The fourth-order valence-electron chi connectivity index (χ4n) is 1.28. The number of aryl methyl sites for hydroxylation is 1. The highest BCUT2D eigenvalue weighted by molar-refractivity contribution is 5.83. The molecule has 2 rings (SSSR count). The van der Waals surface area contributed by atoms with Crippen LogP contribution in [-0.4, -0.2) is 0 Å². The first kappa shape index (κ1) is 7.29. The zero-order chi connectivity index (χ0) is 8.55. The molecular weight excluding hydrogens is 151 g/mol. The third kappa shape index (κ3) is 0.981. The van der Waals surface area contributed by atoms with Gasteiger partial charge in [-0.25, -0.2) is 4.39 Å². The zero-order valence-corrected chi connectivity index (χ0v) is 6.76. The Morgan fingerprint density at radius 3 is 2.92 bits per heavy atom. The van der Waals surface area contributed by atoms with E-state index in [9.17, 15) is 4.39 Å². The van der Waals surface area contributed by atoms with Crippen molar-refractivity contribution in [2.75, 3.05) is 0 Å². The maximum absolute atomic E-state index is 13.4. The summed E-state index contributed by atoms with van der Waals surface area (Å²) in [5.74, 6) is -0.124. The average molecular weight is 159 g/mol. The molecule has 0 atom stereocenters. The van der Waals surface area contributed by atoms with Gasteiger partial charge in [0.15, 0.2) is 0 Å². The van der Waals surface area contributed by atoms with Gasteiger partial charge in [-0.2, -0.15) is 0 Å². The molecule has 0 heterocycles. The zero-order valence-electron chi connectivity index (χ0n) is 6.76. The molecule has 0 saturated carbocycles. The summed E-state index contributed by atoms with van der Waals surface area (Å²) in [6, 6.07) is 11.9. The number of hydrogen-bond donors (Lipinski definition) is 0. The topological polar surface area (TPSA) is 0 Å². The monoisotopic (exact) mass is 159 g/mol. The fourth-order valence-corrected chi connectivity index (χ4v) is 1.28. The largest absolute Gasteiger partial charge is 0.206 e. The van der Waals surface area contributed by atoms with Crippen LogP contribution in [0.5, 0.6) is 0 Å². The van der Waals surface area contributed by atoms with Gasteiger partial charge >= 0.3 is 0 Å². The fraction of sp³-hybridized carbons (Fsp3) is 0.0909. The maximum Gasteiger partial charge on any atom is 0.133 e. The van der Waals surface area contributed by atoms with Crippen molar-refractivity contribution in [2.45, 2.75) is 6.92 Å². The molecule has 59 valence electrons. The first-order valence-corrected chi connectivity index (χ1v) is 3.84. The summed E-state index contributed by atoms with van der Waals surface area (Å²) < 4.78 is 13.4. The number of halogens is 1. The third-order valence-electron chi connectivity index (χ3n) is 1.99. The minimum atomic E-state index is -0.124. The average Bonchev–Trinajstić information content (AvgIpc) is 2.12. The van der Waals surface area contributed by atoms with Crippen LogP contribution in [0, 0.1) is 18.8 Å². The number of benzene rings is 2. The van der Waals surface area contributed by atoms with Crippen molar-refractivity contribution in [1.82, 2.24) is 0 Å². The number of hydrogen-bond acceptors (Lipinski definition) is 0. The lowest BCUT2D eigenvalue weighted by Crippen LogP contribution is -1.83. The van der Waals surface area contributed by atoms with E-state index in [4.69, 9.17) is 0 Å². The summed E-state index contributed by atoms with van der Waals surface area (Å²) in [5, 5.41) is 1.58. The summed E-state index contributed by atoms with van der Waals surface area (Å²) in [6.45, 7) is 1.77. The highest BCUT2D eigenvalue weighted by Gasteiger charge is 2.01. The lowest BCUT2D eigenvalue weighted by Gasteiger charge is -2.00. The van der Waals surface area contributed by atoms with E-state index in [1.807, 2.05) is 6.07 Å². The minimum absolute atomic E-state index is 0.124. The first-order valence-electron chi connectivity index (χ1n) is 3.84. The molecule has 0 saturated heterocycles. The molecular formula is C11H8F. The van der Waals surface area contributed by atoms with Crippen LogP contribution in [0.2, 0.25) is 0 Å². The quantitative estimate of drug-likeness (QED) is 0.554. The Hall–Kier alpha value is -1.37. The highest BCUT2D eigenvalue weighted by atomic mass is 19.1. The summed E-state index contributed by atoms with van der Waals surface area (Å²) in [6.07, 6.45) is 0. The Morgan fingerprint density at radius 2 is 2.08 bits per heavy atom. The van der Waals surface area contributed by atoms with E-state index >= 15 is 0 Å². The predicted molar refractivity (Wildman–Crippen MR) is 47.5 cm³/mol. The third-order valence-corrected chi connectivity index (χ3v) is 1.99. The molecule has 0 bridgehead atoms. The molecule has 0 unspecified atom stereocenters. The van der Waals surface area contributed by atoms with Gasteiger partial charge < -0.3 is 0 Å². The molecule has 0 aromatic heterocycles. The Balaban J connectivity index is 2.91. The van der Waals surface area contributed by atoms with Crippen LogP contribution in [0.25, 0.3) is 10.8 Å². The Labute approximate surface area is 70.6 Å². The second-order valence-electron chi connectivity index (χ2n) is 2.84. The van der Waals surface area contributed by atoms with Crippen molar-refractivity contribution in [1.29, 1.82) is 0 Å². The van der Waals surface area contributed by atoms with Crippen LogP contribution in [-0.2, 0) is 0 Å². The lowest BCUT2D eigenvalue weighted by molar-refractivity contribution is 0.631. The van der Waals surface area contributed by atoms with E-state index < -0.39 is 0 Å². The molecule has 0 aliphatic carbocycles. The molecule has 0 N–H and O–H groups in total.